The van der Waals surface area contributed by atoms with Gasteiger partial charge in [0.2, 0.25) is 0 Å². The van der Waals surface area contributed by atoms with Crippen molar-refractivity contribution in [2.45, 2.75) is 33.3 Å². The Labute approximate surface area is 148 Å². The van der Waals surface area contributed by atoms with Crippen LogP contribution in [0.5, 0.6) is 0 Å². The Kier molecular flexibility index (Phi) is 3.30. The molecule has 3 aromatic carbocycles. The van der Waals surface area contributed by atoms with Gasteiger partial charge in [0.1, 0.15) is 0 Å². The summed E-state index contributed by atoms with van der Waals surface area (Å²) in [5.74, 6) is -0.193. The van der Waals surface area contributed by atoms with E-state index < -0.39 is 11.0 Å². The number of carbonyl (C=O) groups is 1. The van der Waals surface area contributed by atoms with Crippen molar-refractivity contribution in [1.29, 1.82) is 0 Å². The fourth-order valence-corrected chi connectivity index (χ4v) is 3.69. The van der Waals surface area contributed by atoms with Crippen LogP contribution in [0.3, 0.4) is 0 Å². The van der Waals surface area contributed by atoms with Gasteiger partial charge in [-0.15, -0.1) is 0 Å². The van der Waals surface area contributed by atoms with Gasteiger partial charge in [0.25, 0.3) is 0 Å². The van der Waals surface area contributed by atoms with Crippen LogP contribution in [0.1, 0.15) is 38.8 Å². The number of hydrogen-bond donors (Lipinski definition) is 0. The first-order chi connectivity index (χ1) is 11.8. The fourth-order valence-electron chi connectivity index (χ4n) is 3.69. The molecule has 0 saturated heterocycles. The molecule has 0 fully saturated rings. The van der Waals surface area contributed by atoms with E-state index in [2.05, 4.69) is 42.5 Å². The quantitative estimate of drug-likeness (QED) is 0.537. The zero-order valence-electron chi connectivity index (χ0n) is 15.1. The highest BCUT2D eigenvalue weighted by Gasteiger charge is 2.42. The van der Waals surface area contributed by atoms with Gasteiger partial charge < -0.3 is 4.74 Å². The largest absolute Gasteiger partial charge is 0.449 e. The summed E-state index contributed by atoms with van der Waals surface area (Å²) in [6.07, 6.45) is 0. The second kappa shape index (κ2) is 5.19. The third-order valence-corrected chi connectivity index (χ3v) is 5.06. The molecule has 0 heterocycles. The van der Waals surface area contributed by atoms with E-state index in [9.17, 15) is 4.79 Å². The minimum Gasteiger partial charge on any atom is -0.449 e. The van der Waals surface area contributed by atoms with Crippen molar-refractivity contribution in [3.63, 3.8) is 0 Å². The maximum absolute atomic E-state index is 12.8. The third-order valence-electron chi connectivity index (χ3n) is 5.06. The molecule has 2 nitrogen and oxygen atoms in total. The van der Waals surface area contributed by atoms with Gasteiger partial charge in [0.05, 0.1) is 5.41 Å². The van der Waals surface area contributed by atoms with E-state index in [1.54, 1.807) is 0 Å². The molecule has 0 saturated carbocycles. The van der Waals surface area contributed by atoms with E-state index in [0.29, 0.717) is 0 Å². The van der Waals surface area contributed by atoms with Crippen LogP contribution in [0.25, 0.3) is 21.9 Å². The van der Waals surface area contributed by atoms with Crippen LogP contribution in [0.15, 0.2) is 60.7 Å². The van der Waals surface area contributed by atoms with E-state index in [1.165, 1.54) is 16.3 Å². The van der Waals surface area contributed by atoms with Crippen LogP contribution < -0.4 is 0 Å². The lowest BCUT2D eigenvalue weighted by Gasteiger charge is -2.38. The molecule has 25 heavy (non-hydrogen) atoms. The van der Waals surface area contributed by atoms with E-state index in [0.717, 1.165) is 16.7 Å². The molecule has 1 unspecified atom stereocenters. The van der Waals surface area contributed by atoms with Crippen molar-refractivity contribution in [2.75, 3.05) is 0 Å². The van der Waals surface area contributed by atoms with Gasteiger partial charge in [0.15, 0.2) is 5.60 Å². The molecule has 126 valence electrons. The molecular formula is C23H22O2. The fraction of sp³-hybridized carbons (Fsp3) is 0.261. The molecule has 2 heteroatoms. The van der Waals surface area contributed by atoms with E-state index in [4.69, 9.17) is 4.74 Å². The Balaban J connectivity index is 2.05. The molecule has 3 aromatic rings. The SMILES string of the molecule is CC(C)(C)C(=O)OC1(C)c2ccccc2-c2cccc3cccc1c23. The highest BCUT2D eigenvalue weighted by atomic mass is 16.6. The molecule has 0 radical (unpaired) electrons. The summed E-state index contributed by atoms with van der Waals surface area (Å²) in [6.45, 7) is 7.69. The predicted molar refractivity (Wildman–Crippen MR) is 101 cm³/mol. The Morgan fingerprint density at radius 2 is 1.44 bits per heavy atom. The molecule has 0 N–H and O–H groups in total. The molecule has 4 rings (SSSR count). The van der Waals surface area contributed by atoms with Gasteiger partial charge in [-0.05, 0) is 49.6 Å². The standard InChI is InChI=1S/C23H22O2/c1-22(2,3)21(24)25-23(4)18-13-6-5-11-16(18)17-12-7-9-15-10-8-14-19(23)20(15)17/h5-14H,1-4H3. The minimum atomic E-state index is -0.797. The summed E-state index contributed by atoms with van der Waals surface area (Å²) in [7, 11) is 0. The third kappa shape index (κ3) is 2.28. The van der Waals surface area contributed by atoms with Crippen molar-refractivity contribution in [2.24, 2.45) is 5.41 Å². The second-order valence-electron chi connectivity index (χ2n) is 7.93. The highest BCUT2D eigenvalue weighted by Crippen LogP contribution is 2.49. The maximum atomic E-state index is 12.8. The first kappa shape index (κ1) is 15.9. The number of rotatable bonds is 1. The van der Waals surface area contributed by atoms with E-state index >= 15 is 0 Å². The topological polar surface area (TPSA) is 26.3 Å². The molecule has 0 aromatic heterocycles. The Bertz CT molecular complexity index is 989. The number of carbonyl (C=O) groups excluding carboxylic acids is 1. The lowest BCUT2D eigenvalue weighted by atomic mass is 9.74. The van der Waals surface area contributed by atoms with Gasteiger partial charge in [-0.2, -0.15) is 0 Å². The number of hydrogen-bond acceptors (Lipinski definition) is 2. The van der Waals surface area contributed by atoms with Crippen LogP contribution in [0.2, 0.25) is 0 Å². The van der Waals surface area contributed by atoms with Crippen molar-refractivity contribution >= 4 is 16.7 Å². The average molecular weight is 330 g/mol. The summed E-state index contributed by atoms with van der Waals surface area (Å²) >= 11 is 0. The molecule has 0 amide bonds. The number of ether oxygens (including phenoxy) is 1. The lowest BCUT2D eigenvalue weighted by molar-refractivity contribution is -0.165. The lowest BCUT2D eigenvalue weighted by Crippen LogP contribution is -2.37. The Morgan fingerprint density at radius 1 is 0.840 bits per heavy atom. The molecule has 0 spiro atoms. The monoisotopic (exact) mass is 330 g/mol. The predicted octanol–water partition coefficient (Wildman–Crippen LogP) is 5.67. The van der Waals surface area contributed by atoms with Crippen LogP contribution >= 0.6 is 0 Å². The Hall–Kier alpha value is -2.61. The molecule has 0 bridgehead atoms. The zero-order chi connectivity index (χ0) is 17.8. The van der Waals surface area contributed by atoms with E-state index in [1.807, 2.05) is 45.9 Å². The number of esters is 1. The zero-order valence-corrected chi connectivity index (χ0v) is 15.1. The van der Waals surface area contributed by atoms with Crippen molar-refractivity contribution in [1.82, 2.24) is 0 Å². The molecule has 1 aliphatic rings. The maximum Gasteiger partial charge on any atom is 0.312 e. The molecule has 1 atom stereocenters. The highest BCUT2D eigenvalue weighted by molar-refractivity contribution is 6.03. The van der Waals surface area contributed by atoms with Gasteiger partial charge in [0, 0.05) is 11.1 Å². The normalized spacial score (nSPS) is 18.7. The smallest absolute Gasteiger partial charge is 0.312 e. The first-order valence-electron chi connectivity index (χ1n) is 8.68. The van der Waals surface area contributed by atoms with Crippen LogP contribution in [-0.2, 0) is 15.1 Å². The molecule has 0 aliphatic heterocycles. The van der Waals surface area contributed by atoms with Gasteiger partial charge in [-0.3, -0.25) is 4.79 Å². The second-order valence-corrected chi connectivity index (χ2v) is 7.93. The average Bonchev–Trinajstić information content (AvgIpc) is 2.59. The van der Waals surface area contributed by atoms with Gasteiger partial charge in [-0.25, -0.2) is 0 Å². The summed E-state index contributed by atoms with van der Waals surface area (Å²) < 4.78 is 6.18. The number of benzene rings is 3. The van der Waals surface area contributed by atoms with Crippen molar-refractivity contribution in [3.8, 4) is 11.1 Å². The van der Waals surface area contributed by atoms with Gasteiger partial charge in [-0.1, -0.05) is 60.7 Å². The summed E-state index contributed by atoms with van der Waals surface area (Å²) in [5, 5.41) is 2.34. The first-order valence-corrected chi connectivity index (χ1v) is 8.68. The summed E-state index contributed by atoms with van der Waals surface area (Å²) in [4.78, 5) is 12.8. The van der Waals surface area contributed by atoms with Crippen LogP contribution in [-0.4, -0.2) is 5.97 Å². The van der Waals surface area contributed by atoms with E-state index in [-0.39, 0.29) is 5.97 Å². The summed E-state index contributed by atoms with van der Waals surface area (Å²) in [6, 6.07) is 20.8. The van der Waals surface area contributed by atoms with Gasteiger partial charge >= 0.3 is 5.97 Å². The number of fused-ring (bicyclic) bond motifs is 2. The molecular weight excluding hydrogens is 308 g/mol. The van der Waals surface area contributed by atoms with Crippen LogP contribution in [0, 0.1) is 5.41 Å². The minimum absolute atomic E-state index is 0.193. The van der Waals surface area contributed by atoms with Crippen molar-refractivity contribution in [3.05, 3.63) is 71.8 Å². The van der Waals surface area contributed by atoms with Crippen LogP contribution in [0.4, 0.5) is 0 Å². The Morgan fingerprint density at radius 3 is 2.16 bits per heavy atom. The summed E-state index contributed by atoms with van der Waals surface area (Å²) in [5.41, 5.74) is 3.08. The van der Waals surface area contributed by atoms with Crippen molar-refractivity contribution < 1.29 is 9.53 Å². The molecule has 1 aliphatic carbocycles.